The van der Waals surface area contributed by atoms with E-state index in [9.17, 15) is 15.0 Å². The van der Waals surface area contributed by atoms with Crippen molar-refractivity contribution in [3.8, 4) is 5.75 Å². The van der Waals surface area contributed by atoms with Crippen molar-refractivity contribution in [2.24, 2.45) is 0 Å². The maximum Gasteiger partial charge on any atom is 0.372 e. The van der Waals surface area contributed by atoms with Gasteiger partial charge in [-0.25, -0.2) is 4.79 Å². The van der Waals surface area contributed by atoms with Crippen LogP contribution in [0.4, 0.5) is 5.69 Å². The monoisotopic (exact) mass is 258 g/mol. The molecule has 5 heteroatoms. The summed E-state index contributed by atoms with van der Waals surface area (Å²) in [6, 6.07) is 12.4. The van der Waals surface area contributed by atoms with Crippen LogP contribution >= 0.6 is 0 Å². The average molecular weight is 258 g/mol. The van der Waals surface area contributed by atoms with Crippen LogP contribution < -0.4 is 4.99 Å². The molecule has 0 unspecified atom stereocenters. The third-order valence-corrected chi connectivity index (χ3v) is 2.57. The van der Waals surface area contributed by atoms with Gasteiger partial charge in [0.15, 0.2) is 5.75 Å². The molecule has 5 nitrogen and oxygen atoms in total. The number of nitrogens with one attached hydrogen (secondary N) is 1. The van der Waals surface area contributed by atoms with Crippen molar-refractivity contribution in [1.29, 1.82) is 0 Å². The first-order chi connectivity index (χ1) is 9.09. The number of carboxylic acids is 1. The lowest BCUT2D eigenvalue weighted by molar-refractivity contribution is -0.365. The first-order valence-electron chi connectivity index (χ1n) is 5.53. The Kier molecular flexibility index (Phi) is 3.47. The first kappa shape index (κ1) is 12.6. The van der Waals surface area contributed by atoms with E-state index >= 15 is 0 Å². The smallest absolute Gasteiger partial charge is 0.372 e. The zero-order valence-corrected chi connectivity index (χ0v) is 9.87. The molecule has 0 aliphatic carbocycles. The van der Waals surface area contributed by atoms with Gasteiger partial charge >= 0.3 is 11.9 Å². The van der Waals surface area contributed by atoms with Gasteiger partial charge in [0.05, 0.1) is 5.56 Å². The summed E-state index contributed by atoms with van der Waals surface area (Å²) in [6.07, 6.45) is 0. The lowest BCUT2D eigenvalue weighted by atomic mass is 10.1. The SMILES string of the molecule is O=C(O)c1ccccc1C(O)=[NH+]c1ccccc1O. The second kappa shape index (κ2) is 5.22. The lowest BCUT2D eigenvalue weighted by Gasteiger charge is -2.00. The molecule has 0 saturated carbocycles. The molecule has 0 atom stereocenters. The van der Waals surface area contributed by atoms with E-state index < -0.39 is 5.97 Å². The molecule has 0 amide bonds. The minimum atomic E-state index is -1.14. The minimum Gasteiger partial charge on any atom is -0.502 e. The second-order valence-corrected chi connectivity index (χ2v) is 3.84. The van der Waals surface area contributed by atoms with Gasteiger partial charge in [-0.05, 0) is 18.2 Å². The third kappa shape index (κ3) is 2.71. The van der Waals surface area contributed by atoms with Crippen LogP contribution in [0.25, 0.3) is 0 Å². The first-order valence-corrected chi connectivity index (χ1v) is 5.53. The number of aromatic hydroxyl groups is 1. The van der Waals surface area contributed by atoms with Crippen molar-refractivity contribution in [2.45, 2.75) is 0 Å². The quantitative estimate of drug-likeness (QED) is 0.372. The lowest BCUT2D eigenvalue weighted by Crippen LogP contribution is -2.66. The number of aliphatic hydroxyl groups excluding tert-OH is 1. The number of carboxylic acid groups (broad SMARTS) is 1. The van der Waals surface area contributed by atoms with Gasteiger partial charge in [-0.2, -0.15) is 4.99 Å². The maximum absolute atomic E-state index is 11.0. The standard InChI is InChI=1S/C14H11NO4/c16-12-8-4-3-7-11(12)15-13(17)9-5-1-2-6-10(9)14(18)19/h1-8,16H,(H,15,17)(H,18,19)/p+1. The molecule has 0 aromatic heterocycles. The van der Waals surface area contributed by atoms with Crippen LogP contribution in [-0.4, -0.2) is 27.2 Å². The molecule has 2 aromatic carbocycles. The van der Waals surface area contributed by atoms with E-state index in [2.05, 4.69) is 4.99 Å². The molecular formula is C14H12NO4+. The van der Waals surface area contributed by atoms with E-state index in [0.29, 0.717) is 5.69 Å². The van der Waals surface area contributed by atoms with E-state index in [0.717, 1.165) is 0 Å². The van der Waals surface area contributed by atoms with E-state index in [-0.39, 0.29) is 22.8 Å². The molecule has 0 aliphatic heterocycles. The summed E-state index contributed by atoms with van der Waals surface area (Å²) in [5, 5.41) is 28.6. The molecule has 0 radical (unpaired) electrons. The zero-order chi connectivity index (χ0) is 13.8. The van der Waals surface area contributed by atoms with E-state index in [1.165, 1.54) is 18.2 Å². The van der Waals surface area contributed by atoms with Crippen LogP contribution in [0.3, 0.4) is 0 Å². The van der Waals surface area contributed by atoms with Gasteiger partial charge < -0.3 is 15.3 Å². The fourth-order valence-electron chi connectivity index (χ4n) is 1.65. The number of benzene rings is 2. The molecular weight excluding hydrogens is 246 g/mol. The van der Waals surface area contributed by atoms with Gasteiger partial charge in [0.25, 0.3) is 0 Å². The third-order valence-electron chi connectivity index (χ3n) is 2.57. The van der Waals surface area contributed by atoms with Crippen molar-refractivity contribution < 1.29 is 25.1 Å². The van der Waals surface area contributed by atoms with Gasteiger partial charge in [0.1, 0.15) is 5.56 Å². The highest BCUT2D eigenvalue weighted by Gasteiger charge is 2.18. The van der Waals surface area contributed by atoms with Crippen LogP contribution in [0.15, 0.2) is 48.5 Å². The molecule has 2 aromatic rings. The van der Waals surface area contributed by atoms with Crippen LogP contribution in [0, 0.1) is 0 Å². The van der Waals surface area contributed by atoms with Gasteiger partial charge in [-0.3, -0.25) is 0 Å². The summed E-state index contributed by atoms with van der Waals surface area (Å²) in [5.41, 5.74) is 0.418. The highest BCUT2D eigenvalue weighted by atomic mass is 16.4. The topological polar surface area (TPSA) is 91.7 Å². The molecule has 0 heterocycles. The predicted octanol–water partition coefficient (Wildman–Crippen LogP) is 0.807. The van der Waals surface area contributed by atoms with Crippen molar-refractivity contribution in [3.05, 3.63) is 59.7 Å². The van der Waals surface area contributed by atoms with Crippen molar-refractivity contribution in [1.82, 2.24) is 0 Å². The molecule has 0 spiro atoms. The number of carbonyl (C=O) groups is 1. The summed E-state index contributed by atoms with van der Waals surface area (Å²) in [6.45, 7) is 0. The minimum absolute atomic E-state index is 0.0251. The number of hydrogen-bond donors (Lipinski definition) is 4. The van der Waals surface area contributed by atoms with E-state index in [1.807, 2.05) is 0 Å². The number of hydrogen-bond acceptors (Lipinski definition) is 2. The van der Waals surface area contributed by atoms with Crippen LogP contribution in [0.1, 0.15) is 15.9 Å². The molecule has 19 heavy (non-hydrogen) atoms. The highest BCUT2D eigenvalue weighted by Crippen LogP contribution is 2.15. The number of para-hydroxylation sites is 2. The molecule has 96 valence electrons. The summed E-state index contributed by atoms with van der Waals surface area (Å²) < 4.78 is 0. The highest BCUT2D eigenvalue weighted by molar-refractivity contribution is 6.01. The summed E-state index contributed by atoms with van der Waals surface area (Å²) in [5.74, 6) is -1.51. The van der Waals surface area contributed by atoms with Gasteiger partial charge in [0.2, 0.25) is 5.69 Å². The Labute approximate surface area is 109 Å². The Morgan fingerprint density at radius 1 is 0.895 bits per heavy atom. The Bertz CT molecular complexity index is 649. The number of aliphatic hydroxyl groups is 1. The fraction of sp³-hybridized carbons (Fsp3) is 0. The zero-order valence-electron chi connectivity index (χ0n) is 9.87. The second-order valence-electron chi connectivity index (χ2n) is 3.84. The van der Waals surface area contributed by atoms with E-state index in [4.69, 9.17) is 5.11 Å². The number of phenols is 1. The normalized spacial score (nSPS) is 11.3. The predicted molar refractivity (Wildman–Crippen MR) is 68.9 cm³/mol. The van der Waals surface area contributed by atoms with Crippen LogP contribution in [-0.2, 0) is 0 Å². The van der Waals surface area contributed by atoms with Crippen LogP contribution in [0.2, 0.25) is 0 Å². The molecule has 0 aliphatic rings. The summed E-state index contributed by atoms with van der Waals surface area (Å²) >= 11 is 0. The number of rotatable bonds is 3. The maximum atomic E-state index is 11.0. The van der Waals surface area contributed by atoms with Gasteiger partial charge in [0, 0.05) is 6.07 Å². The van der Waals surface area contributed by atoms with Gasteiger partial charge in [-0.1, -0.05) is 24.3 Å². The Morgan fingerprint density at radius 3 is 2.11 bits per heavy atom. The fourth-order valence-corrected chi connectivity index (χ4v) is 1.65. The average Bonchev–Trinajstić information content (AvgIpc) is 2.41. The largest absolute Gasteiger partial charge is 0.502 e. The Morgan fingerprint density at radius 2 is 1.47 bits per heavy atom. The van der Waals surface area contributed by atoms with Gasteiger partial charge in [-0.15, -0.1) is 0 Å². The summed E-state index contributed by atoms with van der Waals surface area (Å²) in [7, 11) is 0. The van der Waals surface area contributed by atoms with Crippen LogP contribution in [0.5, 0.6) is 5.75 Å². The molecule has 0 saturated heterocycles. The number of aromatic carboxylic acids is 1. The van der Waals surface area contributed by atoms with Crippen molar-refractivity contribution in [3.63, 3.8) is 0 Å². The molecule has 0 fully saturated rings. The number of phenolic OH excluding ortho intramolecular Hbond substituents is 1. The molecule has 4 N–H and O–H groups in total. The Balaban J connectivity index is 2.48. The van der Waals surface area contributed by atoms with E-state index in [1.54, 1.807) is 30.3 Å². The van der Waals surface area contributed by atoms with Crippen molar-refractivity contribution >= 4 is 17.6 Å². The Hall–Kier alpha value is -2.82. The molecule has 0 bridgehead atoms. The van der Waals surface area contributed by atoms with Crippen molar-refractivity contribution in [2.75, 3.05) is 0 Å². The summed E-state index contributed by atoms with van der Waals surface area (Å²) in [4.78, 5) is 13.6. The molecule has 2 rings (SSSR count).